The van der Waals surface area contributed by atoms with Gasteiger partial charge in [0.2, 0.25) is 0 Å². The van der Waals surface area contributed by atoms with Crippen molar-refractivity contribution in [2.45, 2.75) is 0 Å². The number of benzene rings is 9. The number of hydrogen-bond donors (Lipinski definition) is 0. The van der Waals surface area contributed by atoms with Gasteiger partial charge in [0.15, 0.2) is 17.5 Å². The van der Waals surface area contributed by atoms with Gasteiger partial charge in [0, 0.05) is 64.1 Å². The number of hydrogen-bond acceptors (Lipinski definition) is 5. The second kappa shape index (κ2) is 14.2. The molecule has 0 aliphatic carbocycles. The van der Waals surface area contributed by atoms with Crippen molar-refractivity contribution in [3.63, 3.8) is 0 Å². The van der Waals surface area contributed by atoms with Gasteiger partial charge in [-0.05, 0) is 95.1 Å². The minimum Gasteiger partial charge on any atom is -0.456 e. The monoisotopic (exact) mass is 822 g/mol. The molecule has 0 radical (unpaired) electrons. The Kier molecular flexibility index (Phi) is 8.01. The summed E-state index contributed by atoms with van der Waals surface area (Å²) in [6, 6.07) is 72.9. The lowest BCUT2D eigenvalue weighted by atomic mass is 9.98. The predicted octanol–water partition coefficient (Wildman–Crippen LogP) is 15.6. The van der Waals surface area contributed by atoms with Crippen molar-refractivity contribution in [2.75, 3.05) is 0 Å². The fourth-order valence-electron chi connectivity index (χ4n) is 9.27. The highest BCUT2D eigenvalue weighted by Crippen LogP contribution is 2.43. The lowest BCUT2D eigenvalue weighted by molar-refractivity contribution is 0.669. The maximum atomic E-state index is 6.18. The van der Waals surface area contributed by atoms with Crippen molar-refractivity contribution >= 4 is 75.3 Å². The fourth-order valence-corrected chi connectivity index (χ4v) is 10.4. The van der Waals surface area contributed by atoms with Crippen molar-refractivity contribution in [3.05, 3.63) is 206 Å². The van der Waals surface area contributed by atoms with Gasteiger partial charge in [0.1, 0.15) is 11.2 Å². The maximum absolute atomic E-state index is 6.18. The van der Waals surface area contributed by atoms with E-state index in [0.29, 0.717) is 17.5 Å². The lowest BCUT2D eigenvalue weighted by Gasteiger charge is -2.10. The van der Waals surface area contributed by atoms with E-state index < -0.39 is 0 Å². The van der Waals surface area contributed by atoms with E-state index in [0.717, 1.165) is 83.0 Å². The van der Waals surface area contributed by atoms with Crippen LogP contribution in [0.4, 0.5) is 0 Å². The SMILES string of the molecule is c1ccc(-c2nc(-c3ccccc3)nc(-c3cccc4sc5ccc(-c6ccc7c(c6)c6cc(-c8ccc9oc%10ccccc%10c9c8)ccc6n7-c6ccccc6)cc5c34)n2)cc1. The first kappa shape index (κ1) is 35.6. The fraction of sp³-hybridized carbons (Fsp3) is 0. The number of fused-ring (bicyclic) bond motifs is 9. The van der Waals surface area contributed by atoms with Gasteiger partial charge >= 0.3 is 0 Å². The molecule has 63 heavy (non-hydrogen) atoms. The van der Waals surface area contributed by atoms with E-state index >= 15 is 0 Å². The van der Waals surface area contributed by atoms with Gasteiger partial charge in [-0.1, -0.05) is 133 Å². The maximum Gasteiger partial charge on any atom is 0.164 e. The molecule has 0 atom stereocenters. The summed E-state index contributed by atoms with van der Waals surface area (Å²) in [5.74, 6) is 1.96. The van der Waals surface area contributed by atoms with Crippen molar-refractivity contribution in [1.29, 1.82) is 0 Å². The summed E-state index contributed by atoms with van der Waals surface area (Å²) in [5.41, 5.74) is 12.8. The molecule has 0 saturated carbocycles. The Morgan fingerprint density at radius 1 is 0.349 bits per heavy atom. The topological polar surface area (TPSA) is 56.7 Å². The molecule has 13 aromatic rings. The Hall–Kier alpha value is -8.19. The summed E-state index contributed by atoms with van der Waals surface area (Å²) in [6.45, 7) is 0. The van der Waals surface area contributed by atoms with Crippen LogP contribution in [0, 0.1) is 0 Å². The first-order chi connectivity index (χ1) is 31.2. The van der Waals surface area contributed by atoms with E-state index in [-0.39, 0.29) is 0 Å². The summed E-state index contributed by atoms with van der Waals surface area (Å²) in [5, 5.41) is 6.99. The summed E-state index contributed by atoms with van der Waals surface area (Å²) < 4.78 is 11.0. The zero-order valence-electron chi connectivity index (χ0n) is 33.7. The van der Waals surface area contributed by atoms with Crippen LogP contribution in [0.1, 0.15) is 0 Å². The molecule has 5 nitrogen and oxygen atoms in total. The number of nitrogens with zero attached hydrogens (tertiary/aromatic N) is 4. The van der Waals surface area contributed by atoms with Crippen LogP contribution >= 0.6 is 11.3 Å². The Morgan fingerprint density at radius 2 is 0.873 bits per heavy atom. The first-order valence-corrected chi connectivity index (χ1v) is 21.9. The first-order valence-electron chi connectivity index (χ1n) is 21.1. The van der Waals surface area contributed by atoms with Crippen LogP contribution in [0.2, 0.25) is 0 Å². The van der Waals surface area contributed by atoms with Gasteiger partial charge < -0.3 is 8.98 Å². The summed E-state index contributed by atoms with van der Waals surface area (Å²) in [4.78, 5) is 15.2. The number of para-hydroxylation sites is 2. The standard InChI is InChI=1S/C57H34N4OS/c1-4-13-35(14-5-1)55-58-56(36-15-6-2-7-16-36)60-57(59-55)43-20-12-22-53-54(43)47-34-40(26-30-52(47)63-53)38-24-28-49-45(32-38)44-31-37(23-27-48(44)61(49)41-17-8-3-9-18-41)39-25-29-51-46(33-39)42-19-10-11-21-50(42)62-51/h1-34H. The third-order valence-corrected chi connectivity index (χ3v) is 13.4. The van der Waals surface area contributed by atoms with E-state index in [1.807, 2.05) is 48.5 Å². The second-order valence-corrected chi connectivity index (χ2v) is 17.1. The molecule has 0 spiro atoms. The van der Waals surface area contributed by atoms with E-state index in [1.165, 1.54) is 25.6 Å². The molecule has 13 rings (SSSR count). The number of aromatic nitrogens is 4. The van der Waals surface area contributed by atoms with Crippen LogP contribution < -0.4 is 0 Å². The Bertz CT molecular complexity index is 3850. The molecule has 0 aliphatic heterocycles. The Labute approximate surface area is 365 Å². The normalized spacial score (nSPS) is 11.8. The molecule has 0 saturated heterocycles. The zero-order chi connectivity index (χ0) is 41.4. The number of rotatable bonds is 6. The molecule has 0 aliphatic rings. The molecule has 0 N–H and O–H groups in total. The second-order valence-electron chi connectivity index (χ2n) is 16.0. The third kappa shape index (κ3) is 5.87. The van der Waals surface area contributed by atoms with Crippen LogP contribution in [0.25, 0.3) is 126 Å². The Balaban J connectivity index is 0.984. The van der Waals surface area contributed by atoms with Crippen LogP contribution in [-0.4, -0.2) is 19.5 Å². The van der Waals surface area contributed by atoms with Gasteiger partial charge in [-0.3, -0.25) is 0 Å². The van der Waals surface area contributed by atoms with Crippen molar-refractivity contribution < 1.29 is 4.42 Å². The lowest BCUT2D eigenvalue weighted by Crippen LogP contribution is -2.00. The summed E-state index contributed by atoms with van der Waals surface area (Å²) >= 11 is 1.80. The summed E-state index contributed by atoms with van der Waals surface area (Å²) in [7, 11) is 0. The molecular formula is C57H34N4OS. The van der Waals surface area contributed by atoms with E-state index in [2.05, 4.69) is 162 Å². The third-order valence-electron chi connectivity index (χ3n) is 12.3. The van der Waals surface area contributed by atoms with Crippen molar-refractivity contribution in [2.24, 2.45) is 0 Å². The average Bonchev–Trinajstić information content (AvgIpc) is 4.03. The van der Waals surface area contributed by atoms with E-state index in [9.17, 15) is 0 Å². The predicted molar refractivity (Wildman–Crippen MR) is 262 cm³/mol. The highest BCUT2D eigenvalue weighted by Gasteiger charge is 2.19. The zero-order valence-corrected chi connectivity index (χ0v) is 34.6. The molecule has 0 amide bonds. The molecule has 6 heteroatoms. The van der Waals surface area contributed by atoms with Gasteiger partial charge in [0.25, 0.3) is 0 Å². The quantitative estimate of drug-likeness (QED) is 0.168. The minimum absolute atomic E-state index is 0.651. The smallest absolute Gasteiger partial charge is 0.164 e. The molecule has 0 fully saturated rings. The van der Waals surface area contributed by atoms with Crippen molar-refractivity contribution in [3.8, 4) is 62.1 Å². The molecule has 294 valence electrons. The van der Waals surface area contributed by atoms with Crippen LogP contribution in [0.15, 0.2) is 211 Å². The van der Waals surface area contributed by atoms with Crippen molar-refractivity contribution in [1.82, 2.24) is 19.5 Å². The highest BCUT2D eigenvalue weighted by molar-refractivity contribution is 7.26. The van der Waals surface area contributed by atoms with Gasteiger partial charge in [-0.25, -0.2) is 15.0 Å². The summed E-state index contributed by atoms with van der Waals surface area (Å²) in [6.07, 6.45) is 0. The number of thiophene rings is 1. The molecular weight excluding hydrogens is 789 g/mol. The number of furan rings is 1. The largest absolute Gasteiger partial charge is 0.456 e. The highest BCUT2D eigenvalue weighted by atomic mass is 32.1. The van der Waals surface area contributed by atoms with Crippen LogP contribution in [0.3, 0.4) is 0 Å². The molecule has 4 aromatic heterocycles. The van der Waals surface area contributed by atoms with E-state index in [1.54, 1.807) is 11.3 Å². The van der Waals surface area contributed by atoms with Gasteiger partial charge in [0.05, 0.1) is 11.0 Å². The average molecular weight is 823 g/mol. The van der Waals surface area contributed by atoms with Crippen LogP contribution in [-0.2, 0) is 0 Å². The van der Waals surface area contributed by atoms with E-state index in [4.69, 9.17) is 19.4 Å². The molecule has 0 unspecified atom stereocenters. The molecule has 9 aromatic carbocycles. The van der Waals surface area contributed by atoms with Gasteiger partial charge in [-0.15, -0.1) is 11.3 Å². The minimum atomic E-state index is 0.651. The molecule has 4 heterocycles. The van der Waals surface area contributed by atoms with Gasteiger partial charge in [-0.2, -0.15) is 0 Å². The molecule has 0 bridgehead atoms. The Morgan fingerprint density at radius 3 is 1.54 bits per heavy atom. The van der Waals surface area contributed by atoms with Crippen LogP contribution in [0.5, 0.6) is 0 Å².